The van der Waals surface area contributed by atoms with Crippen molar-refractivity contribution in [3.8, 4) is 34.3 Å². The maximum atomic E-state index is 14.2. The monoisotopic (exact) mass is 674 g/mol. The van der Waals surface area contributed by atoms with Crippen LogP contribution in [0.1, 0.15) is 23.1 Å². The van der Waals surface area contributed by atoms with Crippen molar-refractivity contribution in [2.45, 2.75) is 36.9 Å². The predicted molar refractivity (Wildman–Crippen MR) is 182 cm³/mol. The zero-order valence-electron chi connectivity index (χ0n) is 26.7. The van der Waals surface area contributed by atoms with Crippen molar-refractivity contribution in [2.24, 2.45) is 7.05 Å². The van der Waals surface area contributed by atoms with E-state index in [9.17, 15) is 23.2 Å². The first-order valence-electron chi connectivity index (χ1n) is 15.8. The van der Waals surface area contributed by atoms with Crippen LogP contribution in [-0.2, 0) is 23.6 Å². The van der Waals surface area contributed by atoms with E-state index in [0.717, 1.165) is 30.9 Å². The number of halogens is 1. The molecule has 6 aromatic rings. The number of nitrogens with zero attached hydrogens (tertiary/aromatic N) is 8. The molecule has 13 heteroatoms. The quantitative estimate of drug-likeness (QED) is 0.242. The molecule has 1 N–H and O–H groups in total. The first kappa shape index (κ1) is 30.7. The van der Waals surface area contributed by atoms with E-state index >= 15 is 0 Å². The van der Waals surface area contributed by atoms with E-state index in [4.69, 9.17) is 4.98 Å². The van der Waals surface area contributed by atoms with Gasteiger partial charge in [0.15, 0.2) is 5.65 Å². The number of aromatic nitrogens is 5. The second-order valence-electron chi connectivity index (χ2n) is 12.7. The number of aromatic hydroxyl groups is 1. The summed E-state index contributed by atoms with van der Waals surface area (Å²) in [6.45, 7) is 3.83. The molecule has 0 spiro atoms. The van der Waals surface area contributed by atoms with Gasteiger partial charge in [-0.1, -0.05) is 17.7 Å². The number of pyridine rings is 2. The summed E-state index contributed by atoms with van der Waals surface area (Å²) < 4.78 is 45.0. The molecule has 2 unspecified atom stereocenters. The van der Waals surface area contributed by atoms with Crippen LogP contribution < -0.4 is 4.90 Å². The average molecular weight is 675 g/mol. The second-order valence-corrected chi connectivity index (χ2v) is 14.5. The molecule has 2 bridgehead atoms. The molecule has 2 aromatic carbocycles. The van der Waals surface area contributed by atoms with Crippen molar-refractivity contribution >= 4 is 26.9 Å². The molecule has 2 atom stereocenters. The van der Waals surface area contributed by atoms with Crippen molar-refractivity contribution in [3.63, 3.8) is 0 Å². The Bertz CT molecular complexity index is 2390. The van der Waals surface area contributed by atoms with Gasteiger partial charge < -0.3 is 10.0 Å². The highest BCUT2D eigenvalue weighted by atomic mass is 32.2. The Balaban J connectivity index is 1.15. The number of hydrogen-bond acceptors (Lipinski definition) is 9. The third-order valence-electron chi connectivity index (χ3n) is 9.54. The van der Waals surface area contributed by atoms with Crippen molar-refractivity contribution in [1.82, 2.24) is 28.6 Å². The summed E-state index contributed by atoms with van der Waals surface area (Å²) in [7, 11) is -2.36. The Morgan fingerprint density at radius 2 is 1.78 bits per heavy atom. The van der Waals surface area contributed by atoms with Gasteiger partial charge in [0, 0.05) is 79.4 Å². The number of benzene rings is 2. The second kappa shape index (κ2) is 11.5. The molecule has 0 saturated carbocycles. The number of nitriles is 1. The summed E-state index contributed by atoms with van der Waals surface area (Å²) in [5.41, 5.74) is 3.93. The molecule has 0 radical (unpaired) electrons. The van der Waals surface area contributed by atoms with Gasteiger partial charge in [-0.3, -0.25) is 9.58 Å². The van der Waals surface area contributed by atoms with Crippen LogP contribution in [0.25, 0.3) is 33.5 Å². The van der Waals surface area contributed by atoms with Crippen LogP contribution in [-0.4, -0.2) is 67.3 Å². The molecule has 0 amide bonds. The summed E-state index contributed by atoms with van der Waals surface area (Å²) in [6.07, 6.45) is 5.87. The zero-order chi connectivity index (χ0) is 34.0. The Labute approximate surface area is 282 Å². The van der Waals surface area contributed by atoms with E-state index in [1.54, 1.807) is 60.5 Å². The van der Waals surface area contributed by atoms with Crippen LogP contribution in [0, 0.1) is 24.1 Å². The molecule has 3 fully saturated rings. The fraction of sp³-hybridized carbons (Fsp3) is 0.222. The van der Waals surface area contributed by atoms with Gasteiger partial charge in [0.05, 0.1) is 16.2 Å². The van der Waals surface area contributed by atoms with Crippen LogP contribution in [0.5, 0.6) is 5.75 Å². The topological polar surface area (TPSA) is 133 Å². The molecule has 11 nitrogen and oxygen atoms in total. The van der Waals surface area contributed by atoms with E-state index in [1.807, 2.05) is 19.1 Å². The van der Waals surface area contributed by atoms with Crippen LogP contribution >= 0.6 is 0 Å². The molecule has 246 valence electrons. The Hall–Kier alpha value is -5.58. The molecule has 0 aliphatic carbocycles. The molecule has 49 heavy (non-hydrogen) atoms. The van der Waals surface area contributed by atoms with Gasteiger partial charge in [0.1, 0.15) is 29.1 Å². The smallest absolute Gasteiger partial charge is 0.269 e. The number of aryl methyl sites for hydroxylation is 2. The van der Waals surface area contributed by atoms with Crippen molar-refractivity contribution in [1.29, 1.82) is 5.26 Å². The number of hydrogen-bond donors (Lipinski definition) is 1. The van der Waals surface area contributed by atoms with Gasteiger partial charge >= 0.3 is 0 Å². The van der Waals surface area contributed by atoms with Gasteiger partial charge in [0.2, 0.25) is 0 Å². The Morgan fingerprint density at radius 1 is 1.00 bits per heavy atom. The lowest BCUT2D eigenvalue weighted by atomic mass is 9.86. The number of rotatable bonds is 7. The molecule has 9 rings (SSSR count). The van der Waals surface area contributed by atoms with Crippen molar-refractivity contribution in [2.75, 3.05) is 18.0 Å². The van der Waals surface area contributed by atoms with Gasteiger partial charge in [-0.2, -0.15) is 10.4 Å². The number of phenolic OH excluding ortho intramolecular Hbond substituents is 1. The molecule has 3 aliphatic rings. The SMILES string of the molecule is Cc1ccc(S(=O)(=O)n2c(-c3ccn(C)n3)cc3c(-c4ccc(N5CC6CC(C5)N6Cc5cc(F)ccc5O)nc4)c(C#N)cnc32)cc1. The molecule has 4 aromatic heterocycles. The lowest BCUT2D eigenvalue weighted by Crippen LogP contribution is -2.68. The molecule has 7 heterocycles. The number of piperidine rings is 1. The lowest BCUT2D eigenvalue weighted by Gasteiger charge is -2.56. The highest BCUT2D eigenvalue weighted by Gasteiger charge is 2.45. The summed E-state index contributed by atoms with van der Waals surface area (Å²) >= 11 is 0. The zero-order valence-corrected chi connectivity index (χ0v) is 27.5. The highest BCUT2D eigenvalue weighted by Crippen LogP contribution is 2.40. The standard InChI is InChI=1S/C36H31FN8O3S/c1-22-3-7-29(8-4-22)49(47,48)45-32(31-11-12-42(2)41-31)15-30-35(25(16-38)18-40-36(30)45)23-5-10-34(39-17-23)43-20-27-14-28(21-43)44(27)19-24-13-26(37)6-9-33(24)46/h3-13,15,17-18,27-28,46H,14,19-21H2,1-2H3. The summed E-state index contributed by atoms with van der Waals surface area (Å²) in [5, 5.41) is 25.4. The maximum absolute atomic E-state index is 14.2. The molecular formula is C36H31FN8O3S. The minimum Gasteiger partial charge on any atom is -0.508 e. The fourth-order valence-corrected chi connectivity index (χ4v) is 8.51. The van der Waals surface area contributed by atoms with Gasteiger partial charge in [0.25, 0.3) is 10.0 Å². The van der Waals surface area contributed by atoms with Crippen LogP contribution in [0.3, 0.4) is 0 Å². The molecular weight excluding hydrogens is 644 g/mol. The van der Waals surface area contributed by atoms with E-state index in [0.29, 0.717) is 40.0 Å². The van der Waals surface area contributed by atoms with E-state index in [1.165, 1.54) is 28.4 Å². The summed E-state index contributed by atoms with van der Waals surface area (Å²) in [4.78, 5) is 13.9. The van der Waals surface area contributed by atoms with Gasteiger partial charge in [-0.05, 0) is 67.9 Å². The Morgan fingerprint density at radius 3 is 2.45 bits per heavy atom. The number of phenols is 1. The predicted octanol–water partition coefficient (Wildman–Crippen LogP) is 5.22. The molecule has 3 saturated heterocycles. The van der Waals surface area contributed by atoms with Crippen LogP contribution in [0.15, 0.2) is 90.2 Å². The number of piperazine rings is 1. The van der Waals surface area contributed by atoms with Gasteiger partial charge in [-0.25, -0.2) is 26.7 Å². The third-order valence-corrected chi connectivity index (χ3v) is 11.3. The van der Waals surface area contributed by atoms with Crippen LogP contribution in [0.2, 0.25) is 0 Å². The maximum Gasteiger partial charge on any atom is 0.269 e. The Kier molecular flexibility index (Phi) is 7.24. The number of anilines is 1. The first-order chi connectivity index (χ1) is 23.6. The van der Waals surface area contributed by atoms with E-state index in [-0.39, 0.29) is 39.8 Å². The fourth-order valence-electron chi connectivity index (χ4n) is 7.04. The molecule has 3 aliphatic heterocycles. The summed E-state index contributed by atoms with van der Waals surface area (Å²) in [5.74, 6) is 0.509. The third kappa shape index (κ3) is 5.20. The van der Waals surface area contributed by atoms with Crippen LogP contribution in [0.4, 0.5) is 10.2 Å². The minimum absolute atomic E-state index is 0.0951. The largest absolute Gasteiger partial charge is 0.508 e. The minimum atomic E-state index is -4.12. The summed E-state index contributed by atoms with van der Waals surface area (Å²) in [6, 6.07) is 20.7. The van der Waals surface area contributed by atoms with Gasteiger partial charge in [-0.15, -0.1) is 0 Å². The first-order valence-corrected chi connectivity index (χ1v) is 17.3. The lowest BCUT2D eigenvalue weighted by molar-refractivity contribution is -0.00921. The number of fused-ring (bicyclic) bond motifs is 3. The van der Waals surface area contributed by atoms with Crippen molar-refractivity contribution < 1.29 is 17.9 Å². The average Bonchev–Trinajstić information content (AvgIpc) is 3.72. The van der Waals surface area contributed by atoms with E-state index < -0.39 is 10.0 Å². The van der Waals surface area contributed by atoms with E-state index in [2.05, 4.69) is 26.0 Å². The van der Waals surface area contributed by atoms with Crippen molar-refractivity contribution in [3.05, 3.63) is 108 Å². The highest BCUT2D eigenvalue weighted by molar-refractivity contribution is 7.90. The normalized spacial score (nSPS) is 17.6.